The van der Waals surface area contributed by atoms with Gasteiger partial charge in [0.1, 0.15) is 18.7 Å². The largest absolute Gasteiger partial charge is 0.467 e. The number of hydrogen-bond acceptors (Lipinski definition) is 7. The highest BCUT2D eigenvalue weighted by Gasteiger charge is 2.28. The number of rotatable bonds is 9. The third-order valence-electron chi connectivity index (χ3n) is 3.62. The molecule has 2 amide bonds. The Morgan fingerprint density at radius 1 is 1.19 bits per heavy atom. The van der Waals surface area contributed by atoms with Gasteiger partial charge in [-0.15, -0.1) is 0 Å². The van der Waals surface area contributed by atoms with E-state index in [9.17, 15) is 19.5 Å². The molecule has 0 bridgehead atoms. The smallest absolute Gasteiger partial charge is 0.408 e. The first-order valence-electron chi connectivity index (χ1n) is 8.27. The van der Waals surface area contributed by atoms with Gasteiger partial charge in [-0.1, -0.05) is 30.3 Å². The molecule has 0 fully saturated rings. The number of ether oxygens (including phenoxy) is 2. The van der Waals surface area contributed by atoms with Crippen molar-refractivity contribution >= 4 is 18.0 Å². The Hall–Kier alpha value is -3.12. The van der Waals surface area contributed by atoms with Gasteiger partial charge in [0.2, 0.25) is 5.91 Å². The van der Waals surface area contributed by atoms with Crippen LogP contribution in [0.5, 0.6) is 0 Å². The molecule has 0 aliphatic heterocycles. The van der Waals surface area contributed by atoms with E-state index >= 15 is 0 Å². The van der Waals surface area contributed by atoms with Gasteiger partial charge in [0.05, 0.1) is 19.8 Å². The van der Waals surface area contributed by atoms with Crippen molar-refractivity contribution in [2.75, 3.05) is 13.7 Å². The molecule has 1 aromatic carbocycles. The zero-order valence-corrected chi connectivity index (χ0v) is 15.2. The van der Waals surface area contributed by atoms with Crippen LogP contribution in [0.4, 0.5) is 4.79 Å². The van der Waals surface area contributed by atoms with Gasteiger partial charge < -0.3 is 25.2 Å². The summed E-state index contributed by atoms with van der Waals surface area (Å²) in [5.41, 5.74) is 0.758. The van der Waals surface area contributed by atoms with Crippen molar-refractivity contribution < 1.29 is 29.0 Å². The number of esters is 1. The topological polar surface area (TPSA) is 138 Å². The maximum absolute atomic E-state index is 12.3. The van der Waals surface area contributed by atoms with Gasteiger partial charge in [0.25, 0.3) is 0 Å². The van der Waals surface area contributed by atoms with E-state index in [4.69, 9.17) is 10.00 Å². The van der Waals surface area contributed by atoms with Crippen molar-refractivity contribution in [3.05, 3.63) is 35.9 Å². The Labute approximate surface area is 157 Å². The van der Waals surface area contributed by atoms with Crippen LogP contribution < -0.4 is 10.6 Å². The number of methoxy groups -OCH3 is 1. The van der Waals surface area contributed by atoms with E-state index in [0.29, 0.717) is 0 Å². The third kappa shape index (κ3) is 7.75. The molecule has 0 radical (unpaired) electrons. The number of aliphatic hydroxyl groups is 1. The maximum atomic E-state index is 12.3. The van der Waals surface area contributed by atoms with Gasteiger partial charge in [-0.3, -0.25) is 4.79 Å². The van der Waals surface area contributed by atoms with Crippen LogP contribution in [-0.2, 0) is 25.7 Å². The van der Waals surface area contributed by atoms with Crippen LogP contribution >= 0.6 is 0 Å². The maximum Gasteiger partial charge on any atom is 0.408 e. The minimum absolute atomic E-state index is 0.00306. The van der Waals surface area contributed by atoms with Gasteiger partial charge in [-0.25, -0.2) is 9.59 Å². The molecule has 1 aromatic rings. The van der Waals surface area contributed by atoms with Crippen LogP contribution in [0.3, 0.4) is 0 Å². The zero-order chi connectivity index (χ0) is 20.2. The molecule has 3 atom stereocenters. The van der Waals surface area contributed by atoms with Crippen LogP contribution in [0, 0.1) is 17.2 Å². The first-order chi connectivity index (χ1) is 12.9. The lowest BCUT2D eigenvalue weighted by Crippen LogP contribution is -2.53. The molecule has 0 aliphatic rings. The number of nitrogens with one attached hydrogen (secondary N) is 2. The second kappa shape index (κ2) is 11.5. The number of alkyl carbamates (subject to hydrolysis) is 1. The van der Waals surface area contributed by atoms with Crippen molar-refractivity contribution in [1.29, 1.82) is 5.26 Å². The first-order valence-corrected chi connectivity index (χ1v) is 8.27. The summed E-state index contributed by atoms with van der Waals surface area (Å²) in [6.07, 6.45) is -0.862. The molecule has 0 unspecified atom stereocenters. The van der Waals surface area contributed by atoms with Crippen LogP contribution in [-0.4, -0.2) is 48.9 Å². The van der Waals surface area contributed by atoms with Gasteiger partial charge in [-0.05, 0) is 18.9 Å². The van der Waals surface area contributed by atoms with E-state index < -0.39 is 42.6 Å². The van der Waals surface area contributed by atoms with Crippen LogP contribution in [0.25, 0.3) is 0 Å². The lowest BCUT2D eigenvalue weighted by molar-refractivity contribution is -0.145. The third-order valence-corrected chi connectivity index (χ3v) is 3.62. The van der Waals surface area contributed by atoms with Gasteiger partial charge in [0, 0.05) is 5.92 Å². The van der Waals surface area contributed by atoms with E-state index in [1.54, 1.807) is 31.2 Å². The van der Waals surface area contributed by atoms with Crippen molar-refractivity contribution in [1.82, 2.24) is 10.6 Å². The Kier molecular flexibility index (Phi) is 9.33. The molecule has 0 aromatic heterocycles. The zero-order valence-electron chi connectivity index (χ0n) is 15.2. The number of nitrogens with zero attached hydrogens (tertiary/aromatic N) is 1. The number of benzene rings is 1. The molecule has 3 N–H and O–H groups in total. The predicted molar refractivity (Wildman–Crippen MR) is 94.0 cm³/mol. The standard InChI is InChI=1S/C18H23N3O6/c1-12(9-19)8-14(17(24)26-2)20-16(23)15(10-22)21-18(25)27-11-13-6-4-3-5-7-13/h3-7,12,14-15,22H,8,10-11H2,1-2H3,(H,20,23)(H,21,25)/t12-,14+,15-/m0/s1. The first kappa shape index (κ1) is 21.9. The number of nitriles is 1. The lowest BCUT2D eigenvalue weighted by atomic mass is 10.0. The molecule has 0 saturated carbocycles. The van der Waals surface area contributed by atoms with Crippen molar-refractivity contribution in [2.45, 2.75) is 32.0 Å². The molecule has 0 aliphatic carbocycles. The summed E-state index contributed by atoms with van der Waals surface area (Å²) < 4.78 is 9.59. The SMILES string of the molecule is COC(=O)[C@@H](C[C@H](C)C#N)NC(=O)[C@H](CO)NC(=O)OCc1ccccc1. The number of hydrogen-bond donors (Lipinski definition) is 3. The number of carbonyl (C=O) groups excluding carboxylic acids is 3. The van der Waals surface area contributed by atoms with E-state index in [0.717, 1.165) is 12.7 Å². The molecule has 1 rings (SSSR count). The highest BCUT2D eigenvalue weighted by Crippen LogP contribution is 2.07. The molecule has 27 heavy (non-hydrogen) atoms. The molecule has 0 spiro atoms. The molecule has 9 heteroatoms. The van der Waals surface area contributed by atoms with Gasteiger partial charge in [-0.2, -0.15) is 5.26 Å². The average molecular weight is 377 g/mol. The van der Waals surface area contributed by atoms with Crippen LogP contribution in [0.1, 0.15) is 18.9 Å². The number of amides is 2. The van der Waals surface area contributed by atoms with Crippen molar-refractivity contribution in [2.24, 2.45) is 5.92 Å². The van der Waals surface area contributed by atoms with Crippen molar-refractivity contribution in [3.8, 4) is 6.07 Å². The summed E-state index contributed by atoms with van der Waals surface area (Å²) >= 11 is 0. The summed E-state index contributed by atoms with van der Waals surface area (Å²) in [6.45, 7) is 0.885. The number of aliphatic hydroxyl groups excluding tert-OH is 1. The summed E-state index contributed by atoms with van der Waals surface area (Å²) in [5, 5.41) is 22.8. The fourth-order valence-electron chi connectivity index (χ4n) is 2.14. The fraction of sp³-hybridized carbons (Fsp3) is 0.444. The summed E-state index contributed by atoms with van der Waals surface area (Å²) in [4.78, 5) is 35.9. The fourth-order valence-corrected chi connectivity index (χ4v) is 2.14. The Morgan fingerprint density at radius 3 is 2.41 bits per heavy atom. The quantitative estimate of drug-likeness (QED) is 0.532. The number of carbonyl (C=O) groups is 3. The highest BCUT2D eigenvalue weighted by molar-refractivity contribution is 5.89. The van der Waals surface area contributed by atoms with E-state index in [1.165, 1.54) is 0 Å². The summed E-state index contributed by atoms with van der Waals surface area (Å²) in [7, 11) is 1.15. The van der Waals surface area contributed by atoms with E-state index in [-0.39, 0.29) is 13.0 Å². The Morgan fingerprint density at radius 2 is 1.85 bits per heavy atom. The summed E-state index contributed by atoms with van der Waals surface area (Å²) in [5.74, 6) is -2.03. The minimum atomic E-state index is -1.32. The molecule has 9 nitrogen and oxygen atoms in total. The van der Waals surface area contributed by atoms with Crippen molar-refractivity contribution in [3.63, 3.8) is 0 Å². The Balaban J connectivity index is 2.61. The second-order valence-electron chi connectivity index (χ2n) is 5.79. The summed E-state index contributed by atoms with van der Waals surface area (Å²) in [6, 6.07) is 8.48. The lowest BCUT2D eigenvalue weighted by Gasteiger charge is -2.21. The predicted octanol–water partition coefficient (Wildman–Crippen LogP) is 0.481. The average Bonchev–Trinajstić information content (AvgIpc) is 2.69. The minimum Gasteiger partial charge on any atom is -0.467 e. The molecule has 0 saturated heterocycles. The Bertz CT molecular complexity index is 673. The molecular weight excluding hydrogens is 354 g/mol. The molecule has 0 heterocycles. The second-order valence-corrected chi connectivity index (χ2v) is 5.79. The molecular formula is C18H23N3O6. The van der Waals surface area contributed by atoms with E-state index in [2.05, 4.69) is 15.4 Å². The van der Waals surface area contributed by atoms with Crippen LogP contribution in [0.2, 0.25) is 0 Å². The normalized spacial score (nSPS) is 13.4. The van der Waals surface area contributed by atoms with Gasteiger partial charge in [0.15, 0.2) is 0 Å². The van der Waals surface area contributed by atoms with Crippen LogP contribution in [0.15, 0.2) is 30.3 Å². The molecule has 146 valence electrons. The van der Waals surface area contributed by atoms with Gasteiger partial charge >= 0.3 is 12.1 Å². The van der Waals surface area contributed by atoms with E-state index in [1.807, 2.05) is 12.1 Å². The highest BCUT2D eigenvalue weighted by atomic mass is 16.5. The monoisotopic (exact) mass is 377 g/mol.